The van der Waals surface area contributed by atoms with Crippen molar-refractivity contribution >= 4 is 204 Å². The molecule has 290 valence electrons. The van der Waals surface area contributed by atoms with E-state index in [0.717, 1.165) is 33.2 Å². The molecule has 4 heterocycles. The first-order valence-electron chi connectivity index (χ1n) is 22.5. The number of hydrogen-bond donors (Lipinski definition) is 0. The fraction of sp³-hybridized carbons (Fsp3) is 0. The molecule has 0 saturated heterocycles. The standard InChI is InChI=1S/C49H39B10N5/c50-36-34(37(51)41(55)44(58)40(36)54)48-60-47(61-49(62-48)35-38(52)42(56)45(59)43(57)39(35)53)26-16-17-31(21-9-2-1-8-20(21)26)63-29-14-5-4-11-23(29)27-18-28-25-13-7-12-24-22-10-3-6-15-30(22)64(46(24)25)33(28)19-32(27)63/h1-19H,50-59H2. The molecule has 0 spiro atoms. The number of nitrogens with zero attached hydrogens (tertiary/aromatic N) is 5. The Bertz CT molecular complexity index is 3900. The lowest BCUT2D eigenvalue weighted by Crippen LogP contribution is -2.55. The molecule has 0 N–H and O–H groups in total. The Morgan fingerprint density at radius 2 is 0.750 bits per heavy atom. The highest BCUT2D eigenvalue weighted by atomic mass is 15.0. The molecule has 0 aliphatic carbocycles. The van der Waals surface area contributed by atoms with Crippen LogP contribution in [0.5, 0.6) is 0 Å². The van der Waals surface area contributed by atoms with E-state index in [-0.39, 0.29) is 0 Å². The molecular formula is C49H39B10N5. The quantitative estimate of drug-likeness (QED) is 0.168. The Morgan fingerprint density at radius 1 is 0.312 bits per heavy atom. The zero-order chi connectivity index (χ0) is 44.0. The van der Waals surface area contributed by atoms with Gasteiger partial charge < -0.3 is 8.97 Å². The molecule has 0 atom stereocenters. The molecule has 0 bridgehead atoms. The van der Waals surface area contributed by atoms with Crippen LogP contribution in [-0.2, 0) is 0 Å². The van der Waals surface area contributed by atoms with Gasteiger partial charge in [0.25, 0.3) is 0 Å². The summed E-state index contributed by atoms with van der Waals surface area (Å²) in [6.45, 7) is 0. The van der Waals surface area contributed by atoms with Crippen molar-refractivity contribution in [2.45, 2.75) is 0 Å². The van der Waals surface area contributed by atoms with Gasteiger partial charge >= 0.3 is 0 Å². The molecule has 0 unspecified atom stereocenters. The average Bonchev–Trinajstić information content (AvgIpc) is 3.95. The Labute approximate surface area is 380 Å². The van der Waals surface area contributed by atoms with Gasteiger partial charge in [0.1, 0.15) is 78.5 Å². The Morgan fingerprint density at radius 3 is 1.34 bits per heavy atom. The van der Waals surface area contributed by atoms with Gasteiger partial charge in [-0.1, -0.05) is 101 Å². The number of fused-ring (bicyclic) bond motifs is 10. The molecule has 0 saturated carbocycles. The van der Waals surface area contributed by atoms with Crippen LogP contribution in [0.2, 0.25) is 0 Å². The molecule has 0 radical (unpaired) electrons. The molecule has 8 aromatic carbocycles. The summed E-state index contributed by atoms with van der Waals surface area (Å²) in [6.07, 6.45) is 0. The molecular weight excluding hydrogens is 767 g/mol. The van der Waals surface area contributed by atoms with Gasteiger partial charge in [-0.15, -0.1) is 32.8 Å². The van der Waals surface area contributed by atoms with Gasteiger partial charge in [-0.25, -0.2) is 15.0 Å². The first-order chi connectivity index (χ1) is 30.9. The highest BCUT2D eigenvalue weighted by Crippen LogP contribution is 2.43. The van der Waals surface area contributed by atoms with Crippen molar-refractivity contribution in [3.63, 3.8) is 0 Å². The number of benzene rings is 8. The SMILES string of the molecule is Bc1c(B)c(B)c(-c2nc(-c3c(B)c(B)c(B)c(B)c3B)nc(-c3ccc(-n4c5ccccc5c5cc6c7cccc8c9ccccc9n(c6cc54)c87)c4ccccc34)n2)c(B)c1B. The Kier molecular flexibility index (Phi) is 8.44. The number of para-hydroxylation sites is 3. The molecule has 0 aliphatic heterocycles. The third kappa shape index (κ3) is 5.18. The second kappa shape index (κ2) is 13.9. The van der Waals surface area contributed by atoms with E-state index in [1.165, 1.54) is 115 Å². The smallest absolute Gasteiger partial charge is 0.164 e. The van der Waals surface area contributed by atoms with E-state index in [9.17, 15) is 0 Å². The van der Waals surface area contributed by atoms with Crippen molar-refractivity contribution in [3.8, 4) is 39.9 Å². The minimum atomic E-state index is 0.674. The zero-order valence-corrected chi connectivity index (χ0v) is 38.2. The molecule has 0 aliphatic rings. The van der Waals surface area contributed by atoms with E-state index in [0.29, 0.717) is 17.5 Å². The van der Waals surface area contributed by atoms with Crippen molar-refractivity contribution in [2.75, 3.05) is 0 Å². The lowest BCUT2D eigenvalue weighted by molar-refractivity contribution is 1.08. The zero-order valence-electron chi connectivity index (χ0n) is 38.2. The largest absolute Gasteiger partial charge is 0.309 e. The predicted octanol–water partition coefficient (Wildman–Crippen LogP) is -5.14. The predicted molar refractivity (Wildman–Crippen MR) is 304 cm³/mol. The van der Waals surface area contributed by atoms with Crippen molar-refractivity contribution in [1.82, 2.24) is 23.9 Å². The summed E-state index contributed by atoms with van der Waals surface area (Å²) in [5.41, 5.74) is 23.0. The summed E-state index contributed by atoms with van der Waals surface area (Å²) in [5.74, 6) is 2.11. The van der Waals surface area contributed by atoms with Crippen LogP contribution in [-0.4, -0.2) is 102 Å². The average molecular weight is 806 g/mol. The minimum Gasteiger partial charge on any atom is -0.309 e. The fourth-order valence-corrected chi connectivity index (χ4v) is 11.2. The summed E-state index contributed by atoms with van der Waals surface area (Å²) in [6, 6.07) is 42.6. The van der Waals surface area contributed by atoms with Crippen LogP contribution in [0.25, 0.3) is 111 Å². The van der Waals surface area contributed by atoms with E-state index in [1.54, 1.807) is 0 Å². The monoisotopic (exact) mass is 807 g/mol. The van der Waals surface area contributed by atoms with Crippen LogP contribution in [0.3, 0.4) is 0 Å². The Hall–Kier alpha value is -6.72. The van der Waals surface area contributed by atoms with E-state index in [2.05, 4.69) is 203 Å². The van der Waals surface area contributed by atoms with Crippen molar-refractivity contribution < 1.29 is 0 Å². The van der Waals surface area contributed by atoms with Crippen LogP contribution in [0.4, 0.5) is 0 Å². The van der Waals surface area contributed by atoms with E-state index in [1.807, 2.05) is 0 Å². The maximum Gasteiger partial charge on any atom is 0.164 e. The van der Waals surface area contributed by atoms with Gasteiger partial charge in [0.2, 0.25) is 0 Å². The first-order valence-corrected chi connectivity index (χ1v) is 22.5. The topological polar surface area (TPSA) is 48.0 Å². The molecule has 5 nitrogen and oxygen atoms in total. The third-order valence-corrected chi connectivity index (χ3v) is 15.5. The number of hydrogen-bond acceptors (Lipinski definition) is 3. The molecule has 64 heavy (non-hydrogen) atoms. The molecule has 0 amide bonds. The van der Waals surface area contributed by atoms with Gasteiger partial charge in [0.15, 0.2) is 17.5 Å². The maximum absolute atomic E-state index is 5.46. The highest BCUT2D eigenvalue weighted by Gasteiger charge is 2.25. The molecule has 15 heteroatoms. The van der Waals surface area contributed by atoms with E-state index < -0.39 is 0 Å². The van der Waals surface area contributed by atoms with Crippen LogP contribution >= 0.6 is 0 Å². The van der Waals surface area contributed by atoms with Crippen molar-refractivity contribution in [2.24, 2.45) is 0 Å². The molecule has 4 aromatic heterocycles. The first kappa shape index (κ1) is 38.9. The van der Waals surface area contributed by atoms with E-state index >= 15 is 0 Å². The number of aromatic nitrogens is 5. The summed E-state index contributed by atoms with van der Waals surface area (Å²) < 4.78 is 4.96. The summed E-state index contributed by atoms with van der Waals surface area (Å²) in [4.78, 5) is 16.3. The third-order valence-electron chi connectivity index (χ3n) is 15.5. The van der Waals surface area contributed by atoms with Gasteiger partial charge in [-0.2, -0.15) is 0 Å². The maximum atomic E-state index is 5.46. The molecule has 12 aromatic rings. The molecule has 0 fully saturated rings. The number of rotatable bonds is 4. The van der Waals surface area contributed by atoms with Gasteiger partial charge in [-0.05, 0) is 41.8 Å². The van der Waals surface area contributed by atoms with Gasteiger partial charge in [0.05, 0.1) is 33.3 Å². The summed E-state index contributed by atoms with van der Waals surface area (Å²) in [7, 11) is 22.2. The highest BCUT2D eigenvalue weighted by molar-refractivity contribution is 6.70. The normalized spacial score (nSPS) is 12.1. The summed E-state index contributed by atoms with van der Waals surface area (Å²) >= 11 is 0. The van der Waals surface area contributed by atoms with Crippen LogP contribution in [0.15, 0.2) is 115 Å². The van der Waals surface area contributed by atoms with E-state index in [4.69, 9.17) is 15.0 Å². The van der Waals surface area contributed by atoms with Crippen molar-refractivity contribution in [3.05, 3.63) is 115 Å². The fourth-order valence-electron chi connectivity index (χ4n) is 11.2. The van der Waals surface area contributed by atoms with Crippen LogP contribution < -0.4 is 54.6 Å². The van der Waals surface area contributed by atoms with Crippen molar-refractivity contribution in [1.29, 1.82) is 0 Å². The second-order valence-corrected chi connectivity index (χ2v) is 18.3. The second-order valence-electron chi connectivity index (χ2n) is 18.3. The summed E-state index contributed by atoms with van der Waals surface area (Å²) in [5, 5.41) is 9.84. The van der Waals surface area contributed by atoms with Gasteiger partial charge in [-0.3, -0.25) is 0 Å². The molecule has 12 rings (SSSR count). The van der Waals surface area contributed by atoms with Crippen LogP contribution in [0, 0.1) is 0 Å². The lowest BCUT2D eigenvalue weighted by atomic mass is 9.60. The van der Waals surface area contributed by atoms with Crippen LogP contribution in [0.1, 0.15) is 0 Å². The van der Waals surface area contributed by atoms with Gasteiger partial charge in [0, 0.05) is 54.4 Å². The minimum absolute atomic E-state index is 0.674. The Balaban J connectivity index is 1.15. The lowest BCUT2D eigenvalue weighted by Gasteiger charge is -2.22.